The highest BCUT2D eigenvalue weighted by Gasteiger charge is 2.38. The van der Waals surface area contributed by atoms with Crippen molar-refractivity contribution in [1.82, 2.24) is 10.2 Å². The van der Waals surface area contributed by atoms with E-state index >= 15 is 0 Å². The van der Waals surface area contributed by atoms with Crippen LogP contribution in [0.1, 0.15) is 58.8 Å². The highest BCUT2D eigenvalue weighted by molar-refractivity contribution is 5.80. The molecule has 116 valence electrons. The number of nitrogens with zero attached hydrogens (tertiary/aromatic N) is 1. The maximum absolute atomic E-state index is 12.5. The highest BCUT2D eigenvalue weighted by atomic mass is 16.2. The van der Waals surface area contributed by atoms with Gasteiger partial charge in [-0.2, -0.15) is 0 Å². The molecule has 2 fully saturated rings. The van der Waals surface area contributed by atoms with Crippen LogP contribution in [0, 0.1) is 5.92 Å². The molecule has 1 heterocycles. The molecule has 0 aromatic carbocycles. The summed E-state index contributed by atoms with van der Waals surface area (Å²) in [4.78, 5) is 15.0. The summed E-state index contributed by atoms with van der Waals surface area (Å²) in [6.45, 7) is 7.68. The van der Waals surface area contributed by atoms with Crippen molar-refractivity contribution in [2.75, 3.05) is 19.6 Å². The quantitative estimate of drug-likeness (QED) is 0.827. The van der Waals surface area contributed by atoms with Gasteiger partial charge in [-0.05, 0) is 45.6 Å². The zero-order valence-electron chi connectivity index (χ0n) is 13.2. The summed E-state index contributed by atoms with van der Waals surface area (Å²) >= 11 is 0. The van der Waals surface area contributed by atoms with Gasteiger partial charge >= 0.3 is 0 Å². The Balaban J connectivity index is 1.80. The fraction of sp³-hybridized carbons (Fsp3) is 0.938. The van der Waals surface area contributed by atoms with Crippen LogP contribution in [0.3, 0.4) is 0 Å². The molecule has 1 aliphatic carbocycles. The van der Waals surface area contributed by atoms with Crippen molar-refractivity contribution in [1.29, 1.82) is 0 Å². The molecule has 2 rings (SSSR count). The first-order chi connectivity index (χ1) is 9.53. The van der Waals surface area contributed by atoms with Crippen LogP contribution >= 0.6 is 0 Å². The first-order valence-electron chi connectivity index (χ1n) is 8.34. The van der Waals surface area contributed by atoms with Gasteiger partial charge in [0.25, 0.3) is 0 Å². The minimum absolute atomic E-state index is 0.00456. The number of likely N-dealkylation sites (tertiary alicyclic amines) is 1. The molecule has 0 bridgehead atoms. The number of hydrogen-bond acceptors (Lipinski definition) is 3. The van der Waals surface area contributed by atoms with Crippen molar-refractivity contribution in [3.05, 3.63) is 0 Å². The molecular weight excluding hydrogens is 250 g/mol. The topological polar surface area (TPSA) is 58.4 Å². The van der Waals surface area contributed by atoms with Crippen LogP contribution in [-0.4, -0.2) is 42.0 Å². The Kier molecular flexibility index (Phi) is 5.44. The van der Waals surface area contributed by atoms with E-state index in [2.05, 4.69) is 17.1 Å². The van der Waals surface area contributed by atoms with Gasteiger partial charge in [-0.1, -0.05) is 19.8 Å². The minimum Gasteiger partial charge on any atom is -0.353 e. The Morgan fingerprint density at radius 1 is 1.30 bits per heavy atom. The lowest BCUT2D eigenvalue weighted by molar-refractivity contribution is -0.129. The van der Waals surface area contributed by atoms with E-state index < -0.39 is 0 Å². The Labute approximate surface area is 123 Å². The van der Waals surface area contributed by atoms with Crippen molar-refractivity contribution in [2.45, 2.75) is 70.4 Å². The fourth-order valence-electron chi connectivity index (χ4n) is 3.71. The van der Waals surface area contributed by atoms with Crippen molar-refractivity contribution < 1.29 is 4.79 Å². The zero-order chi connectivity index (χ0) is 14.6. The molecule has 1 aliphatic heterocycles. The van der Waals surface area contributed by atoms with Crippen LogP contribution in [0.2, 0.25) is 0 Å². The van der Waals surface area contributed by atoms with Gasteiger partial charge in [0.15, 0.2) is 0 Å². The minimum atomic E-state index is -0.314. The number of rotatable bonds is 4. The summed E-state index contributed by atoms with van der Waals surface area (Å²) in [7, 11) is 0. The van der Waals surface area contributed by atoms with Crippen LogP contribution in [-0.2, 0) is 4.79 Å². The van der Waals surface area contributed by atoms with E-state index in [1.807, 2.05) is 6.92 Å². The molecule has 0 aromatic rings. The van der Waals surface area contributed by atoms with E-state index in [1.54, 1.807) is 0 Å². The number of hydrogen-bond donors (Lipinski definition) is 2. The number of carbonyl (C=O) groups is 1. The molecule has 3 N–H and O–H groups in total. The molecular formula is C16H31N3O. The van der Waals surface area contributed by atoms with Crippen molar-refractivity contribution in [3.63, 3.8) is 0 Å². The van der Waals surface area contributed by atoms with E-state index in [1.165, 1.54) is 13.0 Å². The molecule has 0 aromatic heterocycles. The number of carbonyl (C=O) groups excluding carboxylic acids is 1. The third-order valence-corrected chi connectivity index (χ3v) is 5.04. The fourth-order valence-corrected chi connectivity index (χ4v) is 3.71. The average Bonchev–Trinajstić information content (AvgIpc) is 2.40. The summed E-state index contributed by atoms with van der Waals surface area (Å²) in [6, 6.07) is 0.355. The summed E-state index contributed by atoms with van der Waals surface area (Å²) in [5.41, 5.74) is 6.01. The van der Waals surface area contributed by atoms with Gasteiger partial charge in [0.1, 0.15) is 0 Å². The molecule has 2 atom stereocenters. The number of nitrogens with one attached hydrogen (secondary N) is 1. The Morgan fingerprint density at radius 2 is 2.00 bits per heavy atom. The molecule has 1 amide bonds. The van der Waals surface area contributed by atoms with Gasteiger partial charge in [0, 0.05) is 24.7 Å². The lowest BCUT2D eigenvalue weighted by atomic mass is 9.74. The predicted octanol–water partition coefficient (Wildman–Crippen LogP) is 1.88. The van der Waals surface area contributed by atoms with Gasteiger partial charge in [0.2, 0.25) is 5.91 Å². The summed E-state index contributed by atoms with van der Waals surface area (Å²) in [6.07, 6.45) is 7.60. The summed E-state index contributed by atoms with van der Waals surface area (Å²) < 4.78 is 0. The third kappa shape index (κ3) is 3.95. The Hall–Kier alpha value is -0.610. The number of nitrogens with two attached hydrogens (primary N) is 1. The van der Waals surface area contributed by atoms with Crippen molar-refractivity contribution in [3.8, 4) is 0 Å². The molecule has 4 nitrogen and oxygen atoms in total. The van der Waals surface area contributed by atoms with Crippen LogP contribution in [0.5, 0.6) is 0 Å². The second-order valence-electron chi connectivity index (χ2n) is 6.93. The molecule has 20 heavy (non-hydrogen) atoms. The van der Waals surface area contributed by atoms with Gasteiger partial charge < -0.3 is 16.0 Å². The van der Waals surface area contributed by atoms with E-state index in [0.29, 0.717) is 6.04 Å². The van der Waals surface area contributed by atoms with Crippen molar-refractivity contribution >= 4 is 5.91 Å². The van der Waals surface area contributed by atoms with E-state index in [0.717, 1.165) is 51.6 Å². The molecule has 2 aliphatic rings. The highest BCUT2D eigenvalue weighted by Crippen LogP contribution is 2.31. The lowest BCUT2D eigenvalue weighted by Gasteiger charge is -2.39. The normalized spacial score (nSPS) is 33.0. The van der Waals surface area contributed by atoms with Crippen LogP contribution in [0.4, 0.5) is 0 Å². The number of amides is 1. The first-order valence-corrected chi connectivity index (χ1v) is 8.34. The molecule has 1 saturated heterocycles. The smallest absolute Gasteiger partial charge is 0.225 e. The molecule has 0 radical (unpaired) electrons. The second-order valence-corrected chi connectivity index (χ2v) is 6.93. The van der Waals surface area contributed by atoms with Gasteiger partial charge in [0.05, 0.1) is 5.92 Å². The summed E-state index contributed by atoms with van der Waals surface area (Å²) in [5.74, 6) is 0.202. The molecule has 0 spiro atoms. The Morgan fingerprint density at radius 3 is 2.60 bits per heavy atom. The van der Waals surface area contributed by atoms with Crippen LogP contribution in [0.25, 0.3) is 0 Å². The van der Waals surface area contributed by atoms with Crippen LogP contribution in [0.15, 0.2) is 0 Å². The molecule has 1 saturated carbocycles. The second kappa shape index (κ2) is 6.90. The Bertz CT molecular complexity index is 322. The number of piperidine rings is 1. The largest absolute Gasteiger partial charge is 0.353 e. The van der Waals surface area contributed by atoms with Gasteiger partial charge in [-0.3, -0.25) is 4.79 Å². The standard InChI is InChI=1S/C16H31N3O/c1-3-10-19-11-7-13(8-12-19)18-15(20)14-6-4-5-9-16(14,2)17/h13-14H,3-12,17H2,1-2H3,(H,18,20). The van der Waals surface area contributed by atoms with Gasteiger partial charge in [-0.15, -0.1) is 0 Å². The predicted molar refractivity (Wildman–Crippen MR) is 82.4 cm³/mol. The maximum atomic E-state index is 12.5. The van der Waals surface area contributed by atoms with E-state index in [4.69, 9.17) is 5.73 Å². The lowest BCUT2D eigenvalue weighted by Crippen LogP contribution is -2.55. The van der Waals surface area contributed by atoms with E-state index in [9.17, 15) is 4.79 Å². The van der Waals surface area contributed by atoms with Gasteiger partial charge in [-0.25, -0.2) is 0 Å². The van der Waals surface area contributed by atoms with Crippen LogP contribution < -0.4 is 11.1 Å². The zero-order valence-corrected chi connectivity index (χ0v) is 13.2. The monoisotopic (exact) mass is 281 g/mol. The summed E-state index contributed by atoms with van der Waals surface area (Å²) in [5, 5.41) is 3.26. The van der Waals surface area contributed by atoms with E-state index in [-0.39, 0.29) is 17.4 Å². The SMILES string of the molecule is CCCN1CCC(NC(=O)C2CCCCC2(C)N)CC1. The van der Waals surface area contributed by atoms with Crippen molar-refractivity contribution in [2.24, 2.45) is 11.7 Å². The first kappa shape index (κ1) is 15.8. The average molecular weight is 281 g/mol. The molecule has 4 heteroatoms. The molecule has 2 unspecified atom stereocenters. The third-order valence-electron chi connectivity index (χ3n) is 5.04. The maximum Gasteiger partial charge on any atom is 0.225 e.